The molecule has 0 unspecified atom stereocenters. The number of hydrogen-bond acceptors (Lipinski definition) is 4. The van der Waals surface area contributed by atoms with Crippen molar-refractivity contribution >= 4 is 10.9 Å². The van der Waals surface area contributed by atoms with Crippen LogP contribution >= 0.6 is 0 Å². The highest BCUT2D eigenvalue weighted by molar-refractivity contribution is 5.80. The lowest BCUT2D eigenvalue weighted by Gasteiger charge is -2.63. The van der Waals surface area contributed by atoms with Gasteiger partial charge < -0.3 is 15.1 Å². The van der Waals surface area contributed by atoms with Crippen molar-refractivity contribution in [3.63, 3.8) is 0 Å². The molecule has 0 amide bonds. The second-order valence-corrected chi connectivity index (χ2v) is 9.08. The van der Waals surface area contributed by atoms with Gasteiger partial charge in [-0.3, -0.25) is 4.98 Å². The number of nitrogens with zero attached hydrogens (tertiary/aromatic N) is 2. The van der Waals surface area contributed by atoms with E-state index < -0.39 is 11.0 Å². The number of aliphatic hydroxyl groups is 1. The van der Waals surface area contributed by atoms with Crippen LogP contribution in [0.5, 0.6) is 5.75 Å². The largest absolute Gasteiger partial charge is 0.508 e. The zero-order valence-corrected chi connectivity index (χ0v) is 16.3. The molecule has 2 N–H and O–H groups in total. The molecular weight excluding hydrogens is 367 g/mol. The van der Waals surface area contributed by atoms with Gasteiger partial charge in [0.15, 0.2) is 0 Å². The number of aromatic nitrogens is 1. The molecule has 1 saturated heterocycles. The average molecular weight is 390 g/mol. The maximum Gasteiger partial charge on any atom is 0.125 e. The molecule has 0 spiro atoms. The van der Waals surface area contributed by atoms with E-state index in [1.54, 1.807) is 12.1 Å². The molecule has 3 aliphatic rings. The van der Waals surface area contributed by atoms with Crippen LogP contribution in [0.1, 0.15) is 28.8 Å². The van der Waals surface area contributed by atoms with E-state index in [1.807, 2.05) is 12.1 Å². The molecule has 3 aromatic rings. The Hall–Kier alpha value is -2.50. The number of benzene rings is 2. The number of phenolic OH excluding ortho intramolecular Hbond substituents is 1. The summed E-state index contributed by atoms with van der Waals surface area (Å²) in [6.45, 7) is 0.889. The van der Waals surface area contributed by atoms with Crippen LogP contribution in [-0.4, -0.2) is 45.3 Å². The Morgan fingerprint density at radius 2 is 1.97 bits per heavy atom. The van der Waals surface area contributed by atoms with Crippen LogP contribution in [0.4, 0.5) is 4.39 Å². The minimum atomic E-state index is -0.927. The first-order chi connectivity index (χ1) is 13.9. The first-order valence-electron chi connectivity index (χ1n) is 10.2. The lowest BCUT2D eigenvalue weighted by molar-refractivity contribution is -0.145. The summed E-state index contributed by atoms with van der Waals surface area (Å²) in [7, 11) is 2.09. The Morgan fingerprint density at radius 3 is 2.83 bits per heavy atom. The molecule has 2 heterocycles. The molecule has 1 fully saturated rings. The number of halogens is 1. The van der Waals surface area contributed by atoms with Crippen LogP contribution in [0.2, 0.25) is 0 Å². The third kappa shape index (κ3) is 2.17. The predicted octanol–water partition coefficient (Wildman–Crippen LogP) is 3.11. The summed E-state index contributed by atoms with van der Waals surface area (Å²) in [5.41, 5.74) is 3.47. The first kappa shape index (κ1) is 17.4. The van der Waals surface area contributed by atoms with E-state index in [2.05, 4.69) is 18.0 Å². The summed E-state index contributed by atoms with van der Waals surface area (Å²) in [5, 5.41) is 23.3. The third-order valence-electron chi connectivity index (χ3n) is 7.70. The van der Waals surface area contributed by atoms with Crippen molar-refractivity contribution in [2.24, 2.45) is 0 Å². The van der Waals surface area contributed by atoms with Gasteiger partial charge in [0, 0.05) is 41.4 Å². The van der Waals surface area contributed by atoms with Crippen molar-refractivity contribution in [1.82, 2.24) is 9.88 Å². The molecule has 5 heteroatoms. The molecule has 3 atom stereocenters. The molecule has 29 heavy (non-hydrogen) atoms. The van der Waals surface area contributed by atoms with Crippen molar-refractivity contribution in [2.75, 3.05) is 13.6 Å². The number of pyridine rings is 1. The molecule has 0 radical (unpaired) electrons. The fraction of sp³-hybridized carbons (Fsp3) is 0.375. The summed E-state index contributed by atoms with van der Waals surface area (Å²) in [6.07, 6.45) is 2.69. The van der Waals surface area contributed by atoms with Crippen LogP contribution in [0.3, 0.4) is 0 Å². The van der Waals surface area contributed by atoms with Crippen LogP contribution in [0.25, 0.3) is 10.9 Å². The Balaban J connectivity index is 1.61. The van der Waals surface area contributed by atoms with E-state index in [9.17, 15) is 14.6 Å². The van der Waals surface area contributed by atoms with E-state index in [0.29, 0.717) is 18.4 Å². The molecule has 2 aromatic carbocycles. The quantitative estimate of drug-likeness (QED) is 0.619. The van der Waals surface area contributed by atoms with Gasteiger partial charge in [-0.05, 0) is 73.5 Å². The van der Waals surface area contributed by atoms with Gasteiger partial charge in [-0.2, -0.15) is 0 Å². The highest BCUT2D eigenvalue weighted by Crippen LogP contribution is 2.57. The van der Waals surface area contributed by atoms with Gasteiger partial charge in [0.2, 0.25) is 0 Å². The van der Waals surface area contributed by atoms with E-state index in [4.69, 9.17) is 4.98 Å². The van der Waals surface area contributed by atoms with Gasteiger partial charge in [-0.25, -0.2) is 4.39 Å². The van der Waals surface area contributed by atoms with Gasteiger partial charge >= 0.3 is 0 Å². The zero-order chi connectivity index (χ0) is 20.0. The maximum atomic E-state index is 13.8. The Labute approximate surface area is 168 Å². The average Bonchev–Trinajstić information content (AvgIpc) is 2.68. The molecule has 1 aliphatic heterocycles. The SMILES string of the molecule is CN1CC[C@]23Cc4nc5cc(F)ccc5cc4C[C@@]2(O)[C@H]1Cc1ccc(O)cc13. The molecule has 2 aliphatic carbocycles. The maximum absolute atomic E-state index is 13.8. The van der Waals surface area contributed by atoms with Gasteiger partial charge in [0.25, 0.3) is 0 Å². The summed E-state index contributed by atoms with van der Waals surface area (Å²) in [4.78, 5) is 7.11. The third-order valence-corrected chi connectivity index (χ3v) is 7.70. The Kier molecular flexibility index (Phi) is 3.33. The number of phenols is 1. The summed E-state index contributed by atoms with van der Waals surface area (Å²) in [5.74, 6) is -0.0556. The summed E-state index contributed by atoms with van der Waals surface area (Å²) < 4.78 is 13.8. The summed E-state index contributed by atoms with van der Waals surface area (Å²) in [6, 6.07) is 12.4. The Morgan fingerprint density at radius 1 is 1.10 bits per heavy atom. The molecule has 0 saturated carbocycles. The molecular formula is C24H23FN2O2. The van der Waals surface area contributed by atoms with Gasteiger partial charge in [-0.15, -0.1) is 0 Å². The fourth-order valence-corrected chi connectivity index (χ4v) is 6.24. The first-order valence-corrected chi connectivity index (χ1v) is 10.2. The Bertz CT molecular complexity index is 1180. The number of rotatable bonds is 0. The van der Waals surface area contributed by atoms with Crippen molar-refractivity contribution in [3.05, 3.63) is 70.7 Å². The molecule has 148 valence electrons. The standard InChI is InChI=1S/C24H23FN2O2/c1-27-7-6-23-13-21-16(8-15-2-4-17(25)10-20(15)26-21)12-24(23,29)22(27)9-14-3-5-18(28)11-19(14)23/h2-5,8,10-11,22,28-29H,6-7,9,12-13H2,1H3/t22-,23-,24-/m1/s1. The van der Waals surface area contributed by atoms with Crippen LogP contribution in [0, 0.1) is 5.82 Å². The van der Waals surface area contributed by atoms with Gasteiger partial charge in [0.1, 0.15) is 11.6 Å². The number of likely N-dealkylation sites (tertiary alicyclic amines) is 1. The van der Waals surface area contributed by atoms with Crippen molar-refractivity contribution in [1.29, 1.82) is 0 Å². The van der Waals surface area contributed by atoms with Gasteiger partial charge in [-0.1, -0.05) is 6.07 Å². The van der Waals surface area contributed by atoms with E-state index in [1.165, 1.54) is 17.7 Å². The fourth-order valence-electron chi connectivity index (χ4n) is 6.24. The lowest BCUT2D eigenvalue weighted by Crippen LogP contribution is -2.73. The second kappa shape index (κ2) is 5.55. The van der Waals surface area contributed by atoms with Crippen LogP contribution < -0.4 is 0 Å². The lowest BCUT2D eigenvalue weighted by atomic mass is 9.49. The number of hydrogen-bond donors (Lipinski definition) is 2. The number of piperidine rings is 1. The number of fused-ring (bicyclic) bond motifs is 3. The highest BCUT2D eigenvalue weighted by atomic mass is 19.1. The van der Waals surface area contributed by atoms with Crippen LogP contribution in [-0.2, 0) is 24.7 Å². The van der Waals surface area contributed by atoms with Crippen molar-refractivity contribution in [3.8, 4) is 5.75 Å². The van der Waals surface area contributed by atoms with Gasteiger partial charge in [0.05, 0.1) is 11.1 Å². The van der Waals surface area contributed by atoms with Crippen molar-refractivity contribution < 1.29 is 14.6 Å². The highest BCUT2D eigenvalue weighted by Gasteiger charge is 2.64. The molecule has 6 rings (SSSR count). The topological polar surface area (TPSA) is 56.6 Å². The summed E-state index contributed by atoms with van der Waals surface area (Å²) >= 11 is 0. The second-order valence-electron chi connectivity index (χ2n) is 9.08. The minimum absolute atomic E-state index is 0.0188. The predicted molar refractivity (Wildman–Crippen MR) is 109 cm³/mol. The van der Waals surface area contributed by atoms with E-state index >= 15 is 0 Å². The molecule has 4 nitrogen and oxygen atoms in total. The monoisotopic (exact) mass is 390 g/mol. The van der Waals surface area contributed by atoms with E-state index in [0.717, 1.165) is 41.6 Å². The van der Waals surface area contributed by atoms with Crippen molar-refractivity contribution in [2.45, 2.75) is 42.7 Å². The minimum Gasteiger partial charge on any atom is -0.508 e. The normalized spacial score (nSPS) is 30.5. The van der Waals surface area contributed by atoms with Crippen LogP contribution in [0.15, 0.2) is 42.5 Å². The number of likely N-dealkylation sites (N-methyl/N-ethyl adjacent to an activating group) is 1. The number of aromatic hydroxyl groups is 1. The molecule has 2 bridgehead atoms. The van der Waals surface area contributed by atoms with E-state index in [-0.39, 0.29) is 17.6 Å². The zero-order valence-electron chi connectivity index (χ0n) is 16.3. The molecule has 1 aromatic heterocycles. The smallest absolute Gasteiger partial charge is 0.125 e.